The minimum atomic E-state index is -3.72. The number of hydrogen-bond donors (Lipinski definition) is 1. The van der Waals surface area contributed by atoms with E-state index >= 15 is 0 Å². The maximum atomic E-state index is 12.8. The zero-order valence-electron chi connectivity index (χ0n) is 12.5. The first-order valence-electron chi connectivity index (χ1n) is 7.67. The number of hydrogen-bond acceptors (Lipinski definition) is 4. The molecule has 1 aromatic carbocycles. The normalized spacial score (nSPS) is 22.2. The Morgan fingerprint density at radius 3 is 2.61 bits per heavy atom. The molecule has 3 aliphatic rings. The summed E-state index contributed by atoms with van der Waals surface area (Å²) >= 11 is 0. The van der Waals surface area contributed by atoms with Crippen LogP contribution in [0.4, 0.5) is 5.69 Å². The van der Waals surface area contributed by atoms with Gasteiger partial charge in [0.15, 0.2) is 0 Å². The molecular weight excluding hydrogens is 318 g/mol. The Balaban J connectivity index is 1.57. The Morgan fingerprint density at radius 2 is 1.91 bits per heavy atom. The summed E-state index contributed by atoms with van der Waals surface area (Å²) in [6.07, 6.45) is 2.22. The summed E-state index contributed by atoms with van der Waals surface area (Å²) in [6.45, 7) is 0.666. The molecule has 1 saturated heterocycles. The van der Waals surface area contributed by atoms with Gasteiger partial charge in [0.05, 0.1) is 17.9 Å². The van der Waals surface area contributed by atoms with E-state index in [9.17, 15) is 18.0 Å². The molecule has 0 bridgehead atoms. The first-order valence-corrected chi connectivity index (χ1v) is 9.11. The first-order chi connectivity index (χ1) is 10.9. The van der Waals surface area contributed by atoms with Crippen molar-refractivity contribution in [3.63, 3.8) is 0 Å². The van der Waals surface area contributed by atoms with Gasteiger partial charge in [-0.2, -0.15) is 4.31 Å². The predicted octanol–water partition coefficient (Wildman–Crippen LogP) is 0.176. The standard InChI is InChI=1S/C15H17N3O4S/c19-14-8-10-7-12(3-4-13(10)16-14)23(21,22)17-5-6-18(11-1-2-11)15(20)9-17/h3-4,7,11H,1-2,5-6,8-9H2,(H,16,19). The van der Waals surface area contributed by atoms with Gasteiger partial charge in [0.1, 0.15) is 0 Å². The smallest absolute Gasteiger partial charge is 0.243 e. The summed E-state index contributed by atoms with van der Waals surface area (Å²) in [5.74, 6) is -0.261. The Kier molecular flexibility index (Phi) is 3.21. The van der Waals surface area contributed by atoms with Gasteiger partial charge in [-0.05, 0) is 36.6 Å². The van der Waals surface area contributed by atoms with E-state index in [1.807, 2.05) is 0 Å². The Bertz CT molecular complexity index is 801. The van der Waals surface area contributed by atoms with Crippen molar-refractivity contribution in [1.29, 1.82) is 0 Å². The van der Waals surface area contributed by atoms with Crippen LogP contribution in [-0.2, 0) is 26.0 Å². The van der Waals surface area contributed by atoms with E-state index in [-0.39, 0.29) is 29.7 Å². The lowest BCUT2D eigenvalue weighted by Gasteiger charge is -2.33. The van der Waals surface area contributed by atoms with Crippen molar-refractivity contribution < 1.29 is 18.0 Å². The summed E-state index contributed by atoms with van der Waals surface area (Å²) in [6, 6.07) is 4.93. The Labute approximate surface area is 134 Å². The fourth-order valence-corrected chi connectivity index (χ4v) is 4.59. The highest BCUT2D eigenvalue weighted by Crippen LogP contribution is 2.30. The van der Waals surface area contributed by atoms with Crippen LogP contribution in [0.25, 0.3) is 0 Å². The van der Waals surface area contributed by atoms with Crippen LogP contribution in [-0.4, -0.2) is 55.1 Å². The van der Waals surface area contributed by atoms with Gasteiger partial charge >= 0.3 is 0 Å². The van der Waals surface area contributed by atoms with E-state index in [1.54, 1.807) is 11.0 Å². The van der Waals surface area contributed by atoms with Gasteiger partial charge in [-0.3, -0.25) is 9.59 Å². The number of rotatable bonds is 3. The molecule has 0 spiro atoms. The molecule has 0 atom stereocenters. The van der Waals surface area contributed by atoms with E-state index in [2.05, 4.69) is 5.32 Å². The summed E-state index contributed by atoms with van der Waals surface area (Å²) in [4.78, 5) is 25.5. The van der Waals surface area contributed by atoms with Crippen LogP contribution < -0.4 is 5.32 Å². The molecule has 2 heterocycles. The Morgan fingerprint density at radius 1 is 1.13 bits per heavy atom. The third-order valence-corrected chi connectivity index (χ3v) is 6.39. The van der Waals surface area contributed by atoms with E-state index in [0.29, 0.717) is 30.4 Å². The summed E-state index contributed by atoms with van der Waals surface area (Å²) in [5, 5.41) is 2.68. The number of nitrogens with zero attached hydrogens (tertiary/aromatic N) is 2. The fraction of sp³-hybridized carbons (Fsp3) is 0.467. The van der Waals surface area contributed by atoms with Gasteiger partial charge < -0.3 is 10.2 Å². The van der Waals surface area contributed by atoms with Crippen LogP contribution in [0.3, 0.4) is 0 Å². The molecule has 0 unspecified atom stereocenters. The molecule has 0 aromatic heterocycles. The first kappa shape index (κ1) is 14.6. The third kappa shape index (κ3) is 2.51. The maximum Gasteiger partial charge on any atom is 0.243 e. The molecule has 1 aliphatic carbocycles. The zero-order chi connectivity index (χ0) is 16.2. The predicted molar refractivity (Wildman–Crippen MR) is 82.3 cm³/mol. The molecule has 8 heteroatoms. The van der Waals surface area contributed by atoms with Crippen molar-refractivity contribution in [2.75, 3.05) is 25.0 Å². The van der Waals surface area contributed by atoms with E-state index in [0.717, 1.165) is 12.8 Å². The van der Waals surface area contributed by atoms with Gasteiger partial charge in [0, 0.05) is 24.8 Å². The molecule has 7 nitrogen and oxygen atoms in total. The lowest BCUT2D eigenvalue weighted by molar-refractivity contribution is -0.134. The van der Waals surface area contributed by atoms with Crippen LogP contribution in [0, 0.1) is 0 Å². The highest BCUT2D eigenvalue weighted by molar-refractivity contribution is 7.89. The van der Waals surface area contributed by atoms with Gasteiger partial charge in [0.2, 0.25) is 21.8 Å². The van der Waals surface area contributed by atoms with Gasteiger partial charge in [-0.1, -0.05) is 0 Å². The van der Waals surface area contributed by atoms with Crippen molar-refractivity contribution in [3.05, 3.63) is 23.8 Å². The second-order valence-electron chi connectivity index (χ2n) is 6.20. The summed E-state index contributed by atoms with van der Waals surface area (Å²) in [5.41, 5.74) is 1.34. The molecule has 2 aliphatic heterocycles. The molecule has 1 aromatic rings. The van der Waals surface area contributed by atoms with Gasteiger partial charge in [-0.25, -0.2) is 8.42 Å². The number of piperazine rings is 1. The van der Waals surface area contributed by atoms with Crippen molar-refractivity contribution >= 4 is 27.5 Å². The topological polar surface area (TPSA) is 86.8 Å². The SMILES string of the molecule is O=C1Cc2cc(S(=O)(=O)N3CCN(C4CC4)C(=O)C3)ccc2N1. The van der Waals surface area contributed by atoms with Crippen molar-refractivity contribution in [2.45, 2.75) is 30.2 Å². The lowest BCUT2D eigenvalue weighted by atomic mass is 10.2. The lowest BCUT2D eigenvalue weighted by Crippen LogP contribution is -2.52. The van der Waals surface area contributed by atoms with Crippen LogP contribution in [0.2, 0.25) is 0 Å². The summed E-state index contributed by atoms with van der Waals surface area (Å²) < 4.78 is 26.7. The molecule has 122 valence electrons. The van der Waals surface area contributed by atoms with Crippen LogP contribution in [0.5, 0.6) is 0 Å². The second-order valence-corrected chi connectivity index (χ2v) is 8.14. The number of sulfonamides is 1. The number of fused-ring (bicyclic) bond motifs is 1. The van der Waals surface area contributed by atoms with E-state index in [1.165, 1.54) is 16.4 Å². The number of carbonyl (C=O) groups is 2. The number of nitrogens with one attached hydrogen (secondary N) is 1. The molecule has 0 radical (unpaired) electrons. The molecule has 1 saturated carbocycles. The fourth-order valence-electron chi connectivity index (χ4n) is 3.16. The van der Waals surface area contributed by atoms with Crippen molar-refractivity contribution in [3.8, 4) is 0 Å². The van der Waals surface area contributed by atoms with Crippen LogP contribution >= 0.6 is 0 Å². The number of amides is 2. The molecule has 23 heavy (non-hydrogen) atoms. The Hall–Kier alpha value is -1.93. The van der Waals surface area contributed by atoms with Crippen LogP contribution in [0.1, 0.15) is 18.4 Å². The number of anilines is 1. The van der Waals surface area contributed by atoms with E-state index in [4.69, 9.17) is 0 Å². The maximum absolute atomic E-state index is 12.8. The second kappa shape index (κ2) is 5.04. The largest absolute Gasteiger partial charge is 0.337 e. The quantitative estimate of drug-likeness (QED) is 0.853. The van der Waals surface area contributed by atoms with E-state index < -0.39 is 10.0 Å². The molecule has 2 fully saturated rings. The highest BCUT2D eigenvalue weighted by Gasteiger charge is 2.39. The summed E-state index contributed by atoms with van der Waals surface area (Å²) in [7, 11) is -3.72. The van der Waals surface area contributed by atoms with Gasteiger partial charge in [-0.15, -0.1) is 0 Å². The van der Waals surface area contributed by atoms with Crippen molar-refractivity contribution in [2.24, 2.45) is 0 Å². The molecular formula is C15H17N3O4S. The van der Waals surface area contributed by atoms with Gasteiger partial charge in [0.25, 0.3) is 0 Å². The third-order valence-electron chi connectivity index (χ3n) is 4.55. The highest BCUT2D eigenvalue weighted by atomic mass is 32.2. The minimum absolute atomic E-state index is 0.104. The monoisotopic (exact) mass is 335 g/mol. The zero-order valence-corrected chi connectivity index (χ0v) is 13.3. The minimum Gasteiger partial charge on any atom is -0.337 e. The van der Waals surface area contributed by atoms with Crippen LogP contribution in [0.15, 0.2) is 23.1 Å². The molecule has 1 N–H and O–H groups in total. The number of carbonyl (C=O) groups excluding carboxylic acids is 2. The number of benzene rings is 1. The molecule has 4 rings (SSSR count). The average molecular weight is 335 g/mol. The molecule has 2 amide bonds. The average Bonchev–Trinajstić information content (AvgIpc) is 3.27. The van der Waals surface area contributed by atoms with Crippen molar-refractivity contribution in [1.82, 2.24) is 9.21 Å².